The predicted molar refractivity (Wildman–Crippen MR) is 123 cm³/mol. The lowest BCUT2D eigenvalue weighted by Crippen LogP contribution is -2.50. The fourth-order valence-electron chi connectivity index (χ4n) is 3.40. The van der Waals surface area contributed by atoms with Crippen LogP contribution in [0.2, 0.25) is 5.02 Å². The Hall–Kier alpha value is -2.64. The molecule has 3 aromatic rings. The zero-order chi connectivity index (χ0) is 20.9. The summed E-state index contributed by atoms with van der Waals surface area (Å²) >= 11 is 7.36. The molecule has 0 radical (unpaired) electrons. The highest BCUT2D eigenvalue weighted by Gasteiger charge is 2.23. The van der Waals surface area contributed by atoms with Crippen molar-refractivity contribution in [2.75, 3.05) is 36.4 Å². The average molecular weight is 442 g/mol. The van der Waals surface area contributed by atoms with E-state index in [0.29, 0.717) is 19.5 Å². The molecule has 1 saturated heterocycles. The molecule has 2 amide bonds. The van der Waals surface area contributed by atoms with Gasteiger partial charge in [0, 0.05) is 54.8 Å². The van der Waals surface area contributed by atoms with Gasteiger partial charge in [-0.25, -0.2) is 9.78 Å². The van der Waals surface area contributed by atoms with Gasteiger partial charge in [0.2, 0.25) is 5.13 Å². The number of rotatable bonds is 5. The van der Waals surface area contributed by atoms with E-state index >= 15 is 0 Å². The van der Waals surface area contributed by atoms with Crippen LogP contribution in [0.15, 0.2) is 48.5 Å². The van der Waals surface area contributed by atoms with Gasteiger partial charge in [0.25, 0.3) is 0 Å². The number of aryl methyl sites for hydroxylation is 1. The Morgan fingerprint density at radius 1 is 1.10 bits per heavy atom. The number of carbonyl (C=O) groups excluding carboxylic acids is 1. The van der Waals surface area contributed by atoms with Gasteiger partial charge < -0.3 is 15.1 Å². The van der Waals surface area contributed by atoms with E-state index in [4.69, 9.17) is 11.6 Å². The molecule has 1 fully saturated rings. The summed E-state index contributed by atoms with van der Waals surface area (Å²) in [6.07, 6.45) is 1.64. The SMILES string of the molecule is CCc1cccc(NC(=O)N2CCN(c3nc(Cc4ccc(Cl)cc4)ns3)CC2)c1. The number of amides is 2. The summed E-state index contributed by atoms with van der Waals surface area (Å²) < 4.78 is 4.50. The zero-order valence-corrected chi connectivity index (χ0v) is 18.4. The average Bonchev–Trinajstić information content (AvgIpc) is 3.24. The maximum atomic E-state index is 12.6. The summed E-state index contributed by atoms with van der Waals surface area (Å²) in [5.41, 5.74) is 3.19. The third-order valence-corrected chi connectivity index (χ3v) is 6.22. The van der Waals surface area contributed by atoms with Crippen molar-refractivity contribution in [3.8, 4) is 0 Å². The molecule has 6 nitrogen and oxygen atoms in total. The molecular formula is C22H24ClN5OS. The number of aromatic nitrogens is 2. The number of urea groups is 1. The lowest BCUT2D eigenvalue weighted by Gasteiger charge is -2.34. The van der Waals surface area contributed by atoms with Crippen LogP contribution in [-0.4, -0.2) is 46.5 Å². The molecule has 1 N–H and O–H groups in total. The summed E-state index contributed by atoms with van der Waals surface area (Å²) in [4.78, 5) is 21.3. The van der Waals surface area contributed by atoms with Crippen LogP contribution in [0.25, 0.3) is 0 Å². The van der Waals surface area contributed by atoms with E-state index in [2.05, 4.69) is 32.6 Å². The minimum absolute atomic E-state index is 0.0522. The first-order chi connectivity index (χ1) is 14.6. The smallest absolute Gasteiger partial charge is 0.321 e. The molecular weight excluding hydrogens is 418 g/mol. The van der Waals surface area contributed by atoms with E-state index in [1.165, 1.54) is 17.1 Å². The first kappa shape index (κ1) is 20.6. The molecule has 2 aromatic carbocycles. The van der Waals surface area contributed by atoms with Crippen LogP contribution in [-0.2, 0) is 12.8 Å². The quantitative estimate of drug-likeness (QED) is 0.623. The summed E-state index contributed by atoms with van der Waals surface area (Å²) in [5.74, 6) is 0.813. The van der Waals surface area contributed by atoms with Crippen LogP contribution in [0.1, 0.15) is 23.9 Å². The zero-order valence-electron chi connectivity index (χ0n) is 16.8. The number of hydrogen-bond acceptors (Lipinski definition) is 5. The maximum absolute atomic E-state index is 12.6. The highest BCUT2D eigenvalue weighted by Crippen LogP contribution is 2.21. The van der Waals surface area contributed by atoms with Gasteiger partial charge in [-0.05, 0) is 41.8 Å². The maximum Gasteiger partial charge on any atom is 0.321 e. The molecule has 0 spiro atoms. The first-order valence-electron chi connectivity index (χ1n) is 10.1. The number of hydrogen-bond donors (Lipinski definition) is 1. The van der Waals surface area contributed by atoms with Crippen LogP contribution < -0.4 is 10.2 Å². The molecule has 0 bridgehead atoms. The third-order valence-electron chi connectivity index (χ3n) is 5.16. The van der Waals surface area contributed by atoms with E-state index in [9.17, 15) is 4.79 Å². The number of nitrogens with zero attached hydrogens (tertiary/aromatic N) is 4. The van der Waals surface area contributed by atoms with Crippen molar-refractivity contribution in [1.82, 2.24) is 14.3 Å². The van der Waals surface area contributed by atoms with Gasteiger partial charge in [-0.3, -0.25) is 0 Å². The Labute approximate surface area is 185 Å². The summed E-state index contributed by atoms with van der Waals surface area (Å²) in [6, 6.07) is 15.7. The number of halogens is 1. The molecule has 1 aliphatic heterocycles. The second-order valence-electron chi connectivity index (χ2n) is 7.25. The second kappa shape index (κ2) is 9.45. The lowest BCUT2D eigenvalue weighted by atomic mass is 10.1. The normalized spacial score (nSPS) is 14.1. The molecule has 0 saturated carbocycles. The standard InChI is InChI=1S/C22H24ClN5OS/c1-2-16-4-3-5-19(14-16)24-21(29)27-10-12-28(13-11-27)22-25-20(26-30-22)15-17-6-8-18(23)9-7-17/h3-9,14H,2,10-13,15H2,1H3,(H,24,29). The topological polar surface area (TPSA) is 61.4 Å². The van der Waals surface area contributed by atoms with Gasteiger partial charge in [0.05, 0.1) is 0 Å². The number of anilines is 2. The molecule has 8 heteroatoms. The fraction of sp³-hybridized carbons (Fsp3) is 0.318. The van der Waals surface area contributed by atoms with Crippen LogP contribution in [0.5, 0.6) is 0 Å². The first-order valence-corrected chi connectivity index (χ1v) is 11.2. The number of piperazine rings is 1. The molecule has 4 rings (SSSR count). The molecule has 0 aliphatic carbocycles. The molecule has 0 atom stereocenters. The van der Waals surface area contributed by atoms with Crippen molar-refractivity contribution >= 4 is 40.0 Å². The molecule has 156 valence electrons. The Morgan fingerprint density at radius 2 is 1.87 bits per heavy atom. The minimum atomic E-state index is -0.0522. The van der Waals surface area contributed by atoms with E-state index in [1.54, 1.807) is 0 Å². The van der Waals surface area contributed by atoms with Crippen molar-refractivity contribution in [1.29, 1.82) is 0 Å². The molecule has 2 heterocycles. The van der Waals surface area contributed by atoms with Gasteiger partial charge in [0.15, 0.2) is 0 Å². The van der Waals surface area contributed by atoms with Crippen LogP contribution in [0, 0.1) is 0 Å². The van der Waals surface area contributed by atoms with Crippen molar-refractivity contribution in [2.45, 2.75) is 19.8 Å². The molecule has 0 unspecified atom stereocenters. The van der Waals surface area contributed by atoms with Crippen molar-refractivity contribution in [3.05, 3.63) is 70.5 Å². The van der Waals surface area contributed by atoms with E-state index in [1.807, 2.05) is 47.4 Å². The number of carbonyl (C=O) groups is 1. The molecule has 1 aromatic heterocycles. The summed E-state index contributed by atoms with van der Waals surface area (Å²) in [7, 11) is 0. The van der Waals surface area contributed by atoms with Gasteiger partial charge in [-0.1, -0.05) is 42.8 Å². The van der Waals surface area contributed by atoms with E-state index in [0.717, 1.165) is 46.7 Å². The third kappa shape index (κ3) is 5.09. The van der Waals surface area contributed by atoms with Crippen molar-refractivity contribution in [2.24, 2.45) is 0 Å². The Morgan fingerprint density at radius 3 is 2.60 bits per heavy atom. The van der Waals surface area contributed by atoms with Crippen molar-refractivity contribution in [3.63, 3.8) is 0 Å². The Balaban J connectivity index is 1.30. The van der Waals surface area contributed by atoms with Gasteiger partial charge >= 0.3 is 6.03 Å². The van der Waals surface area contributed by atoms with E-state index < -0.39 is 0 Å². The predicted octanol–water partition coefficient (Wildman–Crippen LogP) is 4.70. The Bertz CT molecular complexity index is 999. The summed E-state index contributed by atoms with van der Waals surface area (Å²) in [6.45, 7) is 4.92. The van der Waals surface area contributed by atoms with Gasteiger partial charge in [-0.2, -0.15) is 4.37 Å². The Kier molecular flexibility index (Phi) is 6.50. The van der Waals surface area contributed by atoms with Crippen LogP contribution in [0.3, 0.4) is 0 Å². The highest BCUT2D eigenvalue weighted by molar-refractivity contribution is 7.09. The van der Waals surface area contributed by atoms with Crippen LogP contribution >= 0.6 is 23.1 Å². The summed E-state index contributed by atoms with van der Waals surface area (Å²) in [5, 5.41) is 4.65. The minimum Gasteiger partial charge on any atom is -0.343 e. The van der Waals surface area contributed by atoms with Crippen LogP contribution in [0.4, 0.5) is 15.6 Å². The van der Waals surface area contributed by atoms with Crippen molar-refractivity contribution < 1.29 is 4.79 Å². The molecule has 1 aliphatic rings. The van der Waals surface area contributed by atoms with Gasteiger partial charge in [-0.15, -0.1) is 0 Å². The largest absolute Gasteiger partial charge is 0.343 e. The second-order valence-corrected chi connectivity index (χ2v) is 8.42. The lowest BCUT2D eigenvalue weighted by molar-refractivity contribution is 0.208. The number of nitrogens with one attached hydrogen (secondary N) is 1. The molecule has 30 heavy (non-hydrogen) atoms. The monoisotopic (exact) mass is 441 g/mol. The van der Waals surface area contributed by atoms with E-state index in [-0.39, 0.29) is 6.03 Å². The fourth-order valence-corrected chi connectivity index (χ4v) is 4.26. The highest BCUT2D eigenvalue weighted by atomic mass is 35.5. The number of benzene rings is 2. The van der Waals surface area contributed by atoms with Gasteiger partial charge in [0.1, 0.15) is 5.82 Å².